The van der Waals surface area contributed by atoms with Crippen molar-refractivity contribution in [2.45, 2.75) is 83.4 Å². The van der Waals surface area contributed by atoms with E-state index in [-0.39, 0.29) is 5.91 Å². The highest BCUT2D eigenvalue weighted by atomic mass is 16.5. The Bertz CT molecular complexity index is 385. The van der Waals surface area contributed by atoms with Crippen LogP contribution in [0.3, 0.4) is 0 Å². The summed E-state index contributed by atoms with van der Waals surface area (Å²) in [4.78, 5) is 13.4. The maximum absolute atomic E-state index is 11.4. The topological polar surface area (TPSA) is 41.6 Å². The second kappa shape index (κ2) is 6.88. The predicted octanol–water partition coefficient (Wildman–Crippen LogP) is 2.71. The van der Waals surface area contributed by atoms with Crippen molar-refractivity contribution in [3.8, 4) is 0 Å². The van der Waals surface area contributed by atoms with Gasteiger partial charge in [0.25, 0.3) is 0 Å². The van der Waals surface area contributed by atoms with Crippen LogP contribution < -0.4 is 5.32 Å². The molecule has 1 heterocycles. The average molecular weight is 308 g/mol. The second-order valence-corrected chi connectivity index (χ2v) is 7.47. The van der Waals surface area contributed by atoms with Crippen LogP contribution in [0.4, 0.5) is 0 Å². The van der Waals surface area contributed by atoms with Crippen molar-refractivity contribution in [2.24, 2.45) is 5.41 Å². The van der Waals surface area contributed by atoms with E-state index in [1.165, 1.54) is 38.5 Å². The number of ether oxygens (including phenoxy) is 1. The van der Waals surface area contributed by atoms with Crippen LogP contribution in [0.2, 0.25) is 0 Å². The lowest BCUT2D eigenvalue weighted by Crippen LogP contribution is -2.66. The van der Waals surface area contributed by atoms with Crippen LogP contribution in [0.1, 0.15) is 65.2 Å². The first-order valence-corrected chi connectivity index (χ1v) is 9.29. The van der Waals surface area contributed by atoms with E-state index in [9.17, 15) is 4.79 Å². The fourth-order valence-electron chi connectivity index (χ4n) is 4.94. The molecule has 3 fully saturated rings. The van der Waals surface area contributed by atoms with Crippen molar-refractivity contribution in [1.82, 2.24) is 10.2 Å². The van der Waals surface area contributed by atoms with Gasteiger partial charge in [-0.2, -0.15) is 0 Å². The number of nitrogens with zero attached hydrogens (tertiary/aromatic N) is 1. The number of piperidine rings is 1. The highest BCUT2D eigenvalue weighted by molar-refractivity contribution is 5.73. The van der Waals surface area contributed by atoms with Crippen molar-refractivity contribution < 1.29 is 9.53 Å². The first kappa shape index (κ1) is 16.3. The van der Waals surface area contributed by atoms with E-state index in [1.54, 1.807) is 6.92 Å². The molecule has 3 rings (SSSR count). The molecule has 2 aliphatic carbocycles. The van der Waals surface area contributed by atoms with Gasteiger partial charge in [0.15, 0.2) is 0 Å². The van der Waals surface area contributed by atoms with Gasteiger partial charge in [-0.1, -0.05) is 19.3 Å². The maximum atomic E-state index is 11.4. The Hall–Kier alpha value is -0.610. The molecule has 0 aromatic carbocycles. The minimum Gasteiger partial charge on any atom is -0.378 e. The Morgan fingerprint density at radius 3 is 2.50 bits per heavy atom. The highest BCUT2D eigenvalue weighted by Gasteiger charge is 2.55. The first-order valence-electron chi connectivity index (χ1n) is 9.29. The molecule has 1 amide bonds. The SMILES string of the molecule is CCO[C@H]1C[C@H](NC2CCN(C(C)=O)CC2)C12CCCCC2. The van der Waals surface area contributed by atoms with Crippen molar-refractivity contribution >= 4 is 5.91 Å². The molecular formula is C18H32N2O2. The molecule has 3 aliphatic rings. The lowest BCUT2D eigenvalue weighted by Gasteiger charge is -2.59. The molecular weight excluding hydrogens is 276 g/mol. The van der Waals surface area contributed by atoms with Gasteiger partial charge in [0, 0.05) is 44.1 Å². The monoisotopic (exact) mass is 308 g/mol. The fraction of sp³-hybridized carbons (Fsp3) is 0.944. The lowest BCUT2D eigenvalue weighted by atomic mass is 9.55. The summed E-state index contributed by atoms with van der Waals surface area (Å²) in [7, 11) is 0. The third-order valence-corrected chi connectivity index (χ3v) is 6.31. The van der Waals surface area contributed by atoms with Crippen LogP contribution in [-0.4, -0.2) is 48.7 Å². The average Bonchev–Trinajstić information content (AvgIpc) is 2.55. The summed E-state index contributed by atoms with van der Waals surface area (Å²) in [6, 6.07) is 1.22. The zero-order valence-corrected chi connectivity index (χ0v) is 14.3. The van der Waals surface area contributed by atoms with Crippen LogP contribution in [0.5, 0.6) is 0 Å². The second-order valence-electron chi connectivity index (χ2n) is 7.47. The molecule has 1 aliphatic heterocycles. The summed E-state index contributed by atoms with van der Waals surface area (Å²) in [5.74, 6) is 0.224. The van der Waals surface area contributed by atoms with Gasteiger partial charge in [0.1, 0.15) is 0 Å². The van der Waals surface area contributed by atoms with Gasteiger partial charge in [-0.15, -0.1) is 0 Å². The number of carbonyl (C=O) groups excluding carboxylic acids is 1. The van der Waals surface area contributed by atoms with Crippen LogP contribution >= 0.6 is 0 Å². The van der Waals surface area contributed by atoms with Crippen LogP contribution in [0, 0.1) is 5.41 Å². The predicted molar refractivity (Wildman–Crippen MR) is 87.7 cm³/mol. The normalized spacial score (nSPS) is 32.0. The summed E-state index contributed by atoms with van der Waals surface area (Å²) >= 11 is 0. The number of carbonyl (C=O) groups is 1. The molecule has 1 saturated heterocycles. The van der Waals surface area contributed by atoms with E-state index in [1.807, 2.05) is 4.90 Å². The van der Waals surface area contributed by atoms with E-state index in [4.69, 9.17) is 4.74 Å². The largest absolute Gasteiger partial charge is 0.378 e. The van der Waals surface area contributed by atoms with Crippen LogP contribution in [0.25, 0.3) is 0 Å². The Morgan fingerprint density at radius 1 is 1.23 bits per heavy atom. The van der Waals surface area contributed by atoms with Crippen molar-refractivity contribution in [2.75, 3.05) is 19.7 Å². The van der Waals surface area contributed by atoms with Gasteiger partial charge in [-0.3, -0.25) is 4.79 Å². The third kappa shape index (κ3) is 3.05. The highest BCUT2D eigenvalue weighted by Crippen LogP contribution is 2.53. The quantitative estimate of drug-likeness (QED) is 0.868. The van der Waals surface area contributed by atoms with Gasteiger partial charge < -0.3 is 15.0 Å². The fourth-order valence-corrected chi connectivity index (χ4v) is 4.94. The minimum atomic E-state index is 0.224. The molecule has 0 bridgehead atoms. The molecule has 0 aromatic heterocycles. The molecule has 2 atom stereocenters. The standard InChI is InChI=1S/C18H32N2O2/c1-3-22-17-13-16(18(17)9-5-4-6-10-18)19-15-7-11-20(12-8-15)14(2)21/h15-17,19H,3-13H2,1-2H3/t16-,17-/m0/s1. The summed E-state index contributed by atoms with van der Waals surface area (Å²) in [6.07, 6.45) is 10.7. The first-order chi connectivity index (χ1) is 10.7. The Kier molecular flexibility index (Phi) is 5.08. The van der Waals surface area contributed by atoms with Gasteiger partial charge in [0.05, 0.1) is 6.10 Å². The molecule has 1 N–H and O–H groups in total. The van der Waals surface area contributed by atoms with E-state index < -0.39 is 0 Å². The molecule has 4 nitrogen and oxygen atoms in total. The minimum absolute atomic E-state index is 0.224. The Labute approximate surface area is 135 Å². The van der Waals surface area contributed by atoms with Gasteiger partial charge in [-0.05, 0) is 39.0 Å². The molecule has 0 aromatic rings. The van der Waals surface area contributed by atoms with Crippen LogP contribution in [0.15, 0.2) is 0 Å². The third-order valence-electron chi connectivity index (χ3n) is 6.31. The van der Waals surface area contributed by atoms with E-state index in [2.05, 4.69) is 12.2 Å². The van der Waals surface area contributed by atoms with E-state index in [0.717, 1.165) is 32.5 Å². The Morgan fingerprint density at radius 2 is 1.91 bits per heavy atom. The maximum Gasteiger partial charge on any atom is 0.219 e. The smallest absolute Gasteiger partial charge is 0.219 e. The summed E-state index contributed by atoms with van der Waals surface area (Å²) in [5, 5.41) is 3.95. The molecule has 22 heavy (non-hydrogen) atoms. The number of hydrogen-bond donors (Lipinski definition) is 1. The number of nitrogens with one attached hydrogen (secondary N) is 1. The zero-order chi connectivity index (χ0) is 15.6. The zero-order valence-electron chi connectivity index (χ0n) is 14.3. The molecule has 4 heteroatoms. The molecule has 0 unspecified atom stereocenters. The van der Waals surface area contributed by atoms with Gasteiger partial charge >= 0.3 is 0 Å². The molecule has 0 radical (unpaired) electrons. The summed E-state index contributed by atoms with van der Waals surface area (Å²) < 4.78 is 6.05. The molecule has 126 valence electrons. The number of hydrogen-bond acceptors (Lipinski definition) is 3. The van der Waals surface area contributed by atoms with Gasteiger partial charge in [0.2, 0.25) is 5.91 Å². The van der Waals surface area contributed by atoms with Crippen molar-refractivity contribution in [3.05, 3.63) is 0 Å². The van der Waals surface area contributed by atoms with E-state index >= 15 is 0 Å². The van der Waals surface area contributed by atoms with Crippen molar-refractivity contribution in [1.29, 1.82) is 0 Å². The molecule has 1 spiro atoms. The number of amides is 1. The number of likely N-dealkylation sites (tertiary alicyclic amines) is 1. The number of rotatable bonds is 4. The Balaban J connectivity index is 1.55. The molecule has 2 saturated carbocycles. The summed E-state index contributed by atoms with van der Waals surface area (Å²) in [5.41, 5.74) is 0.409. The summed E-state index contributed by atoms with van der Waals surface area (Å²) in [6.45, 7) is 6.48. The van der Waals surface area contributed by atoms with E-state index in [0.29, 0.717) is 23.6 Å². The lowest BCUT2D eigenvalue weighted by molar-refractivity contribution is -0.153. The van der Waals surface area contributed by atoms with Gasteiger partial charge in [-0.25, -0.2) is 0 Å². The van der Waals surface area contributed by atoms with Crippen LogP contribution in [-0.2, 0) is 9.53 Å². The van der Waals surface area contributed by atoms with Crippen molar-refractivity contribution in [3.63, 3.8) is 0 Å².